The van der Waals surface area contributed by atoms with Crippen molar-refractivity contribution in [3.8, 4) is 5.75 Å². The first kappa shape index (κ1) is 21.3. The van der Waals surface area contributed by atoms with Gasteiger partial charge in [0.25, 0.3) is 0 Å². The molecular formula is C18H27BrN2O4. The van der Waals surface area contributed by atoms with Crippen LogP contribution in [0.15, 0.2) is 22.7 Å². The van der Waals surface area contributed by atoms with E-state index in [-0.39, 0.29) is 12.0 Å². The maximum atomic E-state index is 11.5. The molecule has 1 rings (SSSR count). The molecule has 2 amide bonds. The number of esters is 1. The monoisotopic (exact) mass is 414 g/mol. The summed E-state index contributed by atoms with van der Waals surface area (Å²) in [5, 5.41) is 5.09. The van der Waals surface area contributed by atoms with Gasteiger partial charge in [-0.3, -0.25) is 4.79 Å². The van der Waals surface area contributed by atoms with Crippen LogP contribution in [0.4, 0.5) is 4.79 Å². The van der Waals surface area contributed by atoms with Gasteiger partial charge in [0, 0.05) is 6.54 Å². The summed E-state index contributed by atoms with van der Waals surface area (Å²) in [6.45, 7) is 9.29. The van der Waals surface area contributed by atoms with Crippen molar-refractivity contribution < 1.29 is 19.1 Å². The minimum absolute atomic E-state index is 0.0852. The number of amides is 2. The molecule has 0 unspecified atom stereocenters. The van der Waals surface area contributed by atoms with Gasteiger partial charge < -0.3 is 20.1 Å². The Labute approximate surface area is 157 Å². The van der Waals surface area contributed by atoms with E-state index in [9.17, 15) is 9.59 Å². The van der Waals surface area contributed by atoms with E-state index in [4.69, 9.17) is 9.47 Å². The van der Waals surface area contributed by atoms with E-state index >= 15 is 0 Å². The SMILES string of the molecule is CCOC(=O)CNC(=O)NCCCOc1ccc(C(C)(C)C)cc1Br. The van der Waals surface area contributed by atoms with Crippen molar-refractivity contribution in [2.24, 2.45) is 0 Å². The van der Waals surface area contributed by atoms with Gasteiger partial charge in [0.2, 0.25) is 0 Å². The summed E-state index contributed by atoms with van der Waals surface area (Å²) < 4.78 is 11.4. The van der Waals surface area contributed by atoms with Crippen molar-refractivity contribution >= 4 is 27.9 Å². The fourth-order valence-corrected chi connectivity index (χ4v) is 2.46. The molecule has 0 aromatic heterocycles. The van der Waals surface area contributed by atoms with Crippen LogP contribution in [0.2, 0.25) is 0 Å². The number of carbonyl (C=O) groups excluding carboxylic acids is 2. The van der Waals surface area contributed by atoms with Crippen LogP contribution in [-0.4, -0.2) is 38.3 Å². The molecule has 0 bridgehead atoms. The van der Waals surface area contributed by atoms with Crippen LogP contribution in [0, 0.1) is 0 Å². The standard InChI is InChI=1S/C18H27BrN2O4/c1-5-24-16(22)12-21-17(23)20-9-6-10-25-15-8-7-13(11-14(15)19)18(2,3)4/h7-8,11H,5-6,9-10,12H2,1-4H3,(H2,20,21,23). The van der Waals surface area contributed by atoms with Crippen LogP contribution < -0.4 is 15.4 Å². The molecular weight excluding hydrogens is 388 g/mol. The number of benzene rings is 1. The van der Waals surface area contributed by atoms with E-state index in [0.717, 1.165) is 10.2 Å². The Hall–Kier alpha value is -1.76. The number of halogens is 1. The molecule has 0 saturated heterocycles. The summed E-state index contributed by atoms with van der Waals surface area (Å²) in [6.07, 6.45) is 0.653. The summed E-state index contributed by atoms with van der Waals surface area (Å²) in [5.41, 5.74) is 1.31. The lowest BCUT2D eigenvalue weighted by Gasteiger charge is -2.20. The lowest BCUT2D eigenvalue weighted by atomic mass is 9.87. The smallest absolute Gasteiger partial charge is 0.325 e. The van der Waals surface area contributed by atoms with Crippen LogP contribution in [0.25, 0.3) is 0 Å². The number of urea groups is 1. The molecule has 0 radical (unpaired) electrons. The molecule has 0 aliphatic carbocycles. The van der Waals surface area contributed by atoms with Gasteiger partial charge in [0.1, 0.15) is 12.3 Å². The summed E-state index contributed by atoms with van der Waals surface area (Å²) in [6, 6.07) is 5.67. The first-order valence-electron chi connectivity index (χ1n) is 8.34. The molecule has 0 atom stereocenters. The van der Waals surface area contributed by atoms with E-state index < -0.39 is 12.0 Å². The van der Waals surface area contributed by atoms with Crippen molar-refractivity contribution in [1.82, 2.24) is 10.6 Å². The summed E-state index contributed by atoms with van der Waals surface area (Å²) in [5.74, 6) is 0.323. The Kier molecular flexibility index (Phi) is 8.75. The first-order chi connectivity index (χ1) is 11.7. The van der Waals surface area contributed by atoms with Gasteiger partial charge in [-0.1, -0.05) is 26.8 Å². The highest BCUT2D eigenvalue weighted by molar-refractivity contribution is 9.10. The number of carbonyl (C=O) groups is 2. The van der Waals surface area contributed by atoms with E-state index in [1.54, 1.807) is 6.92 Å². The van der Waals surface area contributed by atoms with Crippen molar-refractivity contribution in [3.63, 3.8) is 0 Å². The molecule has 1 aromatic rings. The van der Waals surface area contributed by atoms with Gasteiger partial charge in [-0.25, -0.2) is 4.79 Å². The van der Waals surface area contributed by atoms with Gasteiger partial charge in [0.05, 0.1) is 17.7 Å². The van der Waals surface area contributed by atoms with Crippen LogP contribution in [0.1, 0.15) is 39.7 Å². The molecule has 140 valence electrons. The van der Waals surface area contributed by atoms with Crippen molar-refractivity contribution in [2.45, 2.75) is 39.5 Å². The molecule has 0 heterocycles. The lowest BCUT2D eigenvalue weighted by Crippen LogP contribution is -2.39. The number of ether oxygens (including phenoxy) is 2. The third kappa shape index (κ3) is 8.25. The van der Waals surface area contributed by atoms with Gasteiger partial charge >= 0.3 is 12.0 Å². The van der Waals surface area contributed by atoms with E-state index in [1.807, 2.05) is 6.07 Å². The quantitative estimate of drug-likeness (QED) is 0.504. The van der Waals surface area contributed by atoms with Gasteiger partial charge in [-0.05, 0) is 52.4 Å². The largest absolute Gasteiger partial charge is 0.492 e. The molecule has 0 aliphatic heterocycles. The average Bonchev–Trinajstić information content (AvgIpc) is 2.53. The van der Waals surface area contributed by atoms with Crippen molar-refractivity contribution in [2.75, 3.05) is 26.3 Å². The molecule has 0 fully saturated rings. The third-order valence-corrected chi connectivity index (χ3v) is 3.98. The van der Waals surface area contributed by atoms with E-state index in [2.05, 4.69) is 59.5 Å². The molecule has 0 spiro atoms. The molecule has 7 heteroatoms. The zero-order valence-corrected chi connectivity index (χ0v) is 16.9. The van der Waals surface area contributed by atoms with Crippen molar-refractivity contribution in [1.29, 1.82) is 0 Å². The first-order valence-corrected chi connectivity index (χ1v) is 9.13. The number of hydrogen-bond acceptors (Lipinski definition) is 4. The van der Waals surface area contributed by atoms with Gasteiger partial charge in [-0.15, -0.1) is 0 Å². The molecule has 0 saturated carbocycles. The van der Waals surface area contributed by atoms with Crippen LogP contribution in [-0.2, 0) is 14.9 Å². The third-order valence-electron chi connectivity index (χ3n) is 3.36. The minimum atomic E-state index is -0.454. The van der Waals surface area contributed by atoms with Crippen molar-refractivity contribution in [3.05, 3.63) is 28.2 Å². The van der Waals surface area contributed by atoms with Gasteiger partial charge in [0.15, 0.2) is 0 Å². The predicted octanol–water partition coefficient (Wildman–Crippen LogP) is 3.38. The Morgan fingerprint density at radius 3 is 2.52 bits per heavy atom. The van der Waals surface area contributed by atoms with Crippen LogP contribution >= 0.6 is 15.9 Å². The Morgan fingerprint density at radius 1 is 1.20 bits per heavy atom. The second-order valence-corrected chi connectivity index (χ2v) is 7.37. The molecule has 2 N–H and O–H groups in total. The summed E-state index contributed by atoms with van der Waals surface area (Å²) in [4.78, 5) is 22.6. The topological polar surface area (TPSA) is 76.7 Å². The highest BCUT2D eigenvalue weighted by Gasteiger charge is 2.15. The Bertz CT molecular complexity index is 585. The molecule has 1 aromatic carbocycles. The Morgan fingerprint density at radius 2 is 1.92 bits per heavy atom. The fraction of sp³-hybridized carbons (Fsp3) is 0.556. The average molecular weight is 415 g/mol. The highest BCUT2D eigenvalue weighted by Crippen LogP contribution is 2.31. The normalized spacial score (nSPS) is 10.9. The van der Waals surface area contributed by atoms with Crippen LogP contribution in [0.3, 0.4) is 0 Å². The number of hydrogen-bond donors (Lipinski definition) is 2. The van der Waals surface area contributed by atoms with E-state index in [1.165, 1.54) is 5.56 Å². The number of nitrogens with one attached hydrogen (secondary N) is 2. The molecule has 0 aliphatic rings. The van der Waals surface area contributed by atoms with Crippen LogP contribution in [0.5, 0.6) is 5.75 Å². The molecule has 25 heavy (non-hydrogen) atoms. The fourth-order valence-electron chi connectivity index (χ4n) is 1.97. The predicted molar refractivity (Wildman–Crippen MR) is 101 cm³/mol. The molecule has 6 nitrogen and oxygen atoms in total. The zero-order chi connectivity index (χ0) is 18.9. The maximum Gasteiger partial charge on any atom is 0.325 e. The minimum Gasteiger partial charge on any atom is -0.492 e. The highest BCUT2D eigenvalue weighted by atomic mass is 79.9. The maximum absolute atomic E-state index is 11.5. The van der Waals surface area contributed by atoms with E-state index in [0.29, 0.717) is 26.2 Å². The Balaban J connectivity index is 2.25. The summed E-state index contributed by atoms with van der Waals surface area (Å²) >= 11 is 3.53. The summed E-state index contributed by atoms with van der Waals surface area (Å²) in [7, 11) is 0. The second kappa shape index (κ2) is 10.3. The number of rotatable bonds is 8. The zero-order valence-electron chi connectivity index (χ0n) is 15.3. The second-order valence-electron chi connectivity index (χ2n) is 6.51. The van der Waals surface area contributed by atoms with Gasteiger partial charge in [-0.2, -0.15) is 0 Å². The lowest BCUT2D eigenvalue weighted by molar-refractivity contribution is -0.141.